The van der Waals surface area contributed by atoms with Gasteiger partial charge in [0.25, 0.3) is 0 Å². The van der Waals surface area contributed by atoms with Crippen molar-refractivity contribution in [3.63, 3.8) is 0 Å². The van der Waals surface area contributed by atoms with Gasteiger partial charge in [-0.15, -0.1) is 0 Å². The highest BCUT2D eigenvalue weighted by molar-refractivity contribution is 9.10. The van der Waals surface area contributed by atoms with Gasteiger partial charge in [0.05, 0.1) is 25.3 Å². The fourth-order valence-corrected chi connectivity index (χ4v) is 3.42. The third-order valence-corrected chi connectivity index (χ3v) is 5.02. The number of fused-ring (bicyclic) bond motifs is 1. The molecule has 0 radical (unpaired) electrons. The van der Waals surface area contributed by atoms with E-state index in [-0.39, 0.29) is 11.8 Å². The van der Waals surface area contributed by atoms with Gasteiger partial charge in [0.1, 0.15) is 11.6 Å². The van der Waals surface area contributed by atoms with Crippen LogP contribution in [0.4, 0.5) is 5.82 Å². The summed E-state index contributed by atoms with van der Waals surface area (Å²) < 4.78 is 8.48. The summed E-state index contributed by atoms with van der Waals surface area (Å²) in [6.45, 7) is 1.15. The average molecular weight is 412 g/mol. The van der Waals surface area contributed by atoms with Crippen LogP contribution >= 0.6 is 15.9 Å². The number of nitrogens with one attached hydrogen (secondary N) is 1. The molecule has 1 atom stereocenters. The minimum Gasteiger partial charge on any atom is -0.493 e. The van der Waals surface area contributed by atoms with Crippen molar-refractivity contribution in [3.05, 3.63) is 76.4 Å². The minimum absolute atomic E-state index is 0.0293. The Kier molecular flexibility index (Phi) is 4.75. The van der Waals surface area contributed by atoms with Gasteiger partial charge in [-0.25, -0.2) is 4.68 Å². The van der Waals surface area contributed by atoms with E-state index in [1.165, 1.54) is 0 Å². The molecule has 6 heteroatoms. The van der Waals surface area contributed by atoms with Gasteiger partial charge in [0.2, 0.25) is 5.91 Å². The predicted molar refractivity (Wildman–Crippen MR) is 103 cm³/mol. The first-order valence-corrected chi connectivity index (χ1v) is 9.29. The van der Waals surface area contributed by atoms with E-state index in [2.05, 4.69) is 26.3 Å². The Bertz CT molecular complexity index is 921. The second kappa shape index (κ2) is 7.33. The van der Waals surface area contributed by atoms with Crippen molar-refractivity contribution in [1.29, 1.82) is 0 Å². The Morgan fingerprint density at radius 2 is 2.00 bits per heavy atom. The highest BCUT2D eigenvalue weighted by Crippen LogP contribution is 2.34. The smallest absolute Gasteiger partial charge is 0.233 e. The first-order valence-electron chi connectivity index (χ1n) is 8.49. The maximum absolute atomic E-state index is 12.9. The largest absolute Gasteiger partial charge is 0.493 e. The Labute approximate surface area is 160 Å². The second-order valence-electron chi connectivity index (χ2n) is 6.22. The van der Waals surface area contributed by atoms with Crippen LogP contribution in [0, 0.1) is 0 Å². The van der Waals surface area contributed by atoms with Gasteiger partial charge in [0.15, 0.2) is 0 Å². The lowest BCUT2D eigenvalue weighted by Gasteiger charge is -2.25. The Morgan fingerprint density at radius 1 is 1.19 bits per heavy atom. The summed E-state index contributed by atoms with van der Waals surface area (Å²) in [5.41, 5.74) is 2.05. The van der Waals surface area contributed by atoms with E-state index in [9.17, 15) is 4.79 Å². The molecule has 0 fully saturated rings. The quantitative estimate of drug-likeness (QED) is 0.699. The van der Waals surface area contributed by atoms with Crippen LogP contribution in [0.5, 0.6) is 5.75 Å². The van der Waals surface area contributed by atoms with E-state index in [1.807, 2.05) is 54.6 Å². The topological polar surface area (TPSA) is 56.2 Å². The molecule has 3 aromatic rings. The molecule has 0 saturated carbocycles. The number of carbonyl (C=O) groups excluding carboxylic acids is 1. The molecular weight excluding hydrogens is 394 g/mol. The molecule has 0 bridgehead atoms. The standard InChI is InChI=1S/C20H18BrN3O2/c21-15-7-5-14(6-8-15)13-24-19(9-11-22-24)23-20(25)17-10-12-26-18-4-2-1-3-16(17)18/h1-9,11,17H,10,12-13H2,(H,23,25). The number of halogens is 1. The molecule has 5 nitrogen and oxygen atoms in total. The SMILES string of the molecule is O=C(Nc1ccnn1Cc1ccc(Br)cc1)C1CCOc2ccccc21. The van der Waals surface area contributed by atoms with Crippen molar-refractivity contribution in [2.45, 2.75) is 18.9 Å². The first-order chi connectivity index (χ1) is 12.7. The van der Waals surface area contributed by atoms with Gasteiger partial charge in [-0.3, -0.25) is 4.79 Å². The molecule has 132 valence electrons. The number of ether oxygens (including phenoxy) is 1. The van der Waals surface area contributed by atoms with Crippen molar-refractivity contribution in [1.82, 2.24) is 9.78 Å². The summed E-state index contributed by atoms with van der Waals surface area (Å²) in [5, 5.41) is 7.37. The number of anilines is 1. The van der Waals surface area contributed by atoms with E-state index in [1.54, 1.807) is 10.9 Å². The Morgan fingerprint density at radius 3 is 2.85 bits per heavy atom. The summed E-state index contributed by atoms with van der Waals surface area (Å²) >= 11 is 3.44. The molecule has 4 rings (SSSR count). The maximum atomic E-state index is 12.9. The molecule has 26 heavy (non-hydrogen) atoms. The van der Waals surface area contributed by atoms with Crippen molar-refractivity contribution >= 4 is 27.7 Å². The number of hydrogen-bond donors (Lipinski definition) is 1. The van der Waals surface area contributed by atoms with Crippen molar-refractivity contribution in [2.24, 2.45) is 0 Å². The molecule has 1 aliphatic rings. The lowest BCUT2D eigenvalue weighted by Crippen LogP contribution is -2.27. The number of nitrogens with zero attached hydrogens (tertiary/aromatic N) is 2. The van der Waals surface area contributed by atoms with Gasteiger partial charge in [-0.2, -0.15) is 5.10 Å². The molecule has 1 aromatic heterocycles. The van der Waals surface area contributed by atoms with Gasteiger partial charge in [-0.05, 0) is 30.2 Å². The van der Waals surface area contributed by atoms with Crippen LogP contribution in [0.2, 0.25) is 0 Å². The molecule has 0 spiro atoms. The Hall–Kier alpha value is -2.60. The van der Waals surface area contributed by atoms with Crippen LogP contribution in [-0.4, -0.2) is 22.3 Å². The van der Waals surface area contributed by atoms with Gasteiger partial charge < -0.3 is 10.1 Å². The average Bonchev–Trinajstić information content (AvgIpc) is 3.09. The molecule has 1 unspecified atom stereocenters. The zero-order valence-electron chi connectivity index (χ0n) is 14.1. The number of benzene rings is 2. The van der Waals surface area contributed by atoms with Crippen LogP contribution in [-0.2, 0) is 11.3 Å². The third kappa shape index (κ3) is 3.51. The molecule has 2 aromatic carbocycles. The number of aromatic nitrogens is 2. The number of para-hydroxylation sites is 1. The van der Waals surface area contributed by atoms with Crippen molar-refractivity contribution in [2.75, 3.05) is 11.9 Å². The monoisotopic (exact) mass is 411 g/mol. The van der Waals surface area contributed by atoms with Crippen LogP contribution < -0.4 is 10.1 Å². The Balaban J connectivity index is 1.51. The van der Waals surface area contributed by atoms with E-state index >= 15 is 0 Å². The maximum Gasteiger partial charge on any atom is 0.233 e. The summed E-state index contributed by atoms with van der Waals surface area (Å²) in [4.78, 5) is 12.9. The predicted octanol–water partition coefficient (Wildman–Crippen LogP) is 4.20. The zero-order chi connectivity index (χ0) is 17.9. The van der Waals surface area contributed by atoms with Crippen LogP contribution in [0.15, 0.2) is 65.3 Å². The normalized spacial score (nSPS) is 15.8. The number of carbonyl (C=O) groups is 1. The van der Waals surface area contributed by atoms with Crippen LogP contribution in [0.25, 0.3) is 0 Å². The summed E-state index contributed by atoms with van der Waals surface area (Å²) in [6.07, 6.45) is 2.37. The molecule has 0 saturated heterocycles. The number of amides is 1. The highest BCUT2D eigenvalue weighted by Gasteiger charge is 2.28. The lowest BCUT2D eigenvalue weighted by atomic mass is 9.92. The van der Waals surface area contributed by atoms with Gasteiger partial charge >= 0.3 is 0 Å². The van der Waals surface area contributed by atoms with Crippen molar-refractivity contribution < 1.29 is 9.53 Å². The highest BCUT2D eigenvalue weighted by atomic mass is 79.9. The lowest BCUT2D eigenvalue weighted by molar-refractivity contribution is -0.118. The summed E-state index contributed by atoms with van der Waals surface area (Å²) in [5.74, 6) is 1.25. The van der Waals surface area contributed by atoms with Crippen LogP contribution in [0.1, 0.15) is 23.5 Å². The third-order valence-electron chi connectivity index (χ3n) is 4.49. The van der Waals surface area contributed by atoms with E-state index in [0.29, 0.717) is 25.4 Å². The molecule has 2 heterocycles. The zero-order valence-corrected chi connectivity index (χ0v) is 15.6. The van der Waals surface area contributed by atoms with Gasteiger partial charge in [-0.1, -0.05) is 46.3 Å². The van der Waals surface area contributed by atoms with E-state index in [0.717, 1.165) is 21.3 Å². The number of hydrogen-bond acceptors (Lipinski definition) is 3. The fraction of sp³-hybridized carbons (Fsp3) is 0.200. The minimum atomic E-state index is -0.212. The molecular formula is C20H18BrN3O2. The number of rotatable bonds is 4. The molecule has 1 amide bonds. The summed E-state index contributed by atoms with van der Waals surface area (Å²) in [7, 11) is 0. The van der Waals surface area contributed by atoms with Crippen molar-refractivity contribution in [3.8, 4) is 5.75 Å². The second-order valence-corrected chi connectivity index (χ2v) is 7.13. The van der Waals surface area contributed by atoms with E-state index in [4.69, 9.17) is 4.74 Å². The van der Waals surface area contributed by atoms with E-state index < -0.39 is 0 Å². The van der Waals surface area contributed by atoms with Gasteiger partial charge in [0, 0.05) is 16.1 Å². The molecule has 1 N–H and O–H groups in total. The van der Waals surface area contributed by atoms with Crippen LogP contribution in [0.3, 0.4) is 0 Å². The first kappa shape index (κ1) is 16.8. The molecule has 0 aliphatic carbocycles. The fourth-order valence-electron chi connectivity index (χ4n) is 3.16. The molecule has 1 aliphatic heterocycles. The summed E-state index contributed by atoms with van der Waals surface area (Å²) in [6, 6.07) is 17.6.